The number of carbonyl (C=O) groups excluding carboxylic acids is 1. The predicted molar refractivity (Wildman–Crippen MR) is 150 cm³/mol. The molecule has 12 heteroatoms. The fraction of sp³-hybridized carbons (Fsp3) is 0.462. The lowest BCUT2D eigenvalue weighted by molar-refractivity contribution is -0.125. The SMILES string of the molecule is CC(C)CN(C[C@@H](O)[C@H](Cc1ccccc1)NC(=O)[C@H](C)CS(C)(=O)=O)S(=O)(=O)c1ccc2ncsc2c1. The average molecular weight is 582 g/mol. The van der Waals surface area contributed by atoms with E-state index in [9.17, 15) is 26.7 Å². The third kappa shape index (κ3) is 8.31. The van der Waals surface area contributed by atoms with Crippen LogP contribution in [-0.4, -0.2) is 74.4 Å². The summed E-state index contributed by atoms with van der Waals surface area (Å²) in [5, 5.41) is 14.1. The molecule has 208 valence electrons. The van der Waals surface area contributed by atoms with E-state index in [4.69, 9.17) is 0 Å². The molecule has 0 aliphatic heterocycles. The number of rotatable bonds is 13. The molecule has 38 heavy (non-hydrogen) atoms. The Labute approximate surface area is 228 Å². The summed E-state index contributed by atoms with van der Waals surface area (Å²) in [4.78, 5) is 17.2. The quantitative estimate of drug-likeness (QED) is 0.317. The van der Waals surface area contributed by atoms with Crippen molar-refractivity contribution in [2.75, 3.05) is 25.1 Å². The van der Waals surface area contributed by atoms with Gasteiger partial charge in [0.05, 0.1) is 38.5 Å². The van der Waals surface area contributed by atoms with Crippen LogP contribution in [0.5, 0.6) is 0 Å². The van der Waals surface area contributed by atoms with Crippen LogP contribution in [0.3, 0.4) is 0 Å². The van der Waals surface area contributed by atoms with Gasteiger partial charge in [0.1, 0.15) is 9.84 Å². The molecule has 2 aromatic carbocycles. The number of aromatic nitrogens is 1. The second kappa shape index (κ2) is 12.6. The molecule has 1 heterocycles. The Kier molecular flexibility index (Phi) is 10.0. The zero-order chi connectivity index (χ0) is 28.1. The van der Waals surface area contributed by atoms with Crippen molar-refractivity contribution in [2.45, 2.75) is 44.2 Å². The Morgan fingerprint density at radius 2 is 1.74 bits per heavy atom. The molecule has 2 N–H and O–H groups in total. The van der Waals surface area contributed by atoms with Crippen molar-refractivity contribution in [2.24, 2.45) is 11.8 Å². The molecule has 0 saturated carbocycles. The summed E-state index contributed by atoms with van der Waals surface area (Å²) in [5.41, 5.74) is 3.19. The van der Waals surface area contributed by atoms with Crippen LogP contribution in [0.1, 0.15) is 26.3 Å². The van der Waals surface area contributed by atoms with Gasteiger partial charge in [-0.3, -0.25) is 4.79 Å². The molecule has 9 nitrogen and oxygen atoms in total. The topological polar surface area (TPSA) is 134 Å². The molecule has 0 aliphatic carbocycles. The molecule has 0 aliphatic rings. The van der Waals surface area contributed by atoms with E-state index in [0.29, 0.717) is 5.52 Å². The molecule has 0 radical (unpaired) electrons. The van der Waals surface area contributed by atoms with Gasteiger partial charge >= 0.3 is 0 Å². The third-order valence-corrected chi connectivity index (χ3v) is 9.72. The first-order valence-electron chi connectivity index (χ1n) is 12.3. The fourth-order valence-electron chi connectivity index (χ4n) is 4.16. The zero-order valence-electron chi connectivity index (χ0n) is 21.9. The summed E-state index contributed by atoms with van der Waals surface area (Å²) < 4.78 is 52.8. The van der Waals surface area contributed by atoms with Crippen molar-refractivity contribution in [3.8, 4) is 0 Å². The number of thiazole rings is 1. The van der Waals surface area contributed by atoms with Gasteiger partial charge in [-0.25, -0.2) is 21.8 Å². The largest absolute Gasteiger partial charge is 0.390 e. The Morgan fingerprint density at radius 1 is 1.05 bits per heavy atom. The van der Waals surface area contributed by atoms with Crippen molar-refractivity contribution < 1.29 is 26.7 Å². The number of hydrogen-bond donors (Lipinski definition) is 2. The van der Waals surface area contributed by atoms with Crippen molar-refractivity contribution in [1.82, 2.24) is 14.6 Å². The first kappa shape index (κ1) is 30.2. The number of sulfone groups is 1. The number of benzene rings is 2. The fourth-order valence-corrected chi connectivity index (χ4v) is 7.66. The monoisotopic (exact) mass is 581 g/mol. The number of hydrogen-bond acceptors (Lipinski definition) is 8. The van der Waals surface area contributed by atoms with Crippen LogP contribution in [0.2, 0.25) is 0 Å². The molecule has 0 saturated heterocycles. The molecular weight excluding hydrogens is 547 g/mol. The molecule has 0 fully saturated rings. The normalized spacial score (nSPS) is 15.0. The van der Waals surface area contributed by atoms with Crippen molar-refractivity contribution in [3.05, 3.63) is 59.6 Å². The molecule has 1 amide bonds. The predicted octanol–water partition coefficient (Wildman–Crippen LogP) is 2.71. The van der Waals surface area contributed by atoms with Crippen LogP contribution >= 0.6 is 11.3 Å². The Hall–Kier alpha value is -2.38. The van der Waals surface area contributed by atoms with Crippen LogP contribution in [0.25, 0.3) is 10.2 Å². The van der Waals surface area contributed by atoms with Gasteiger partial charge in [0.25, 0.3) is 0 Å². The Balaban J connectivity index is 1.88. The maximum absolute atomic E-state index is 13.7. The molecule has 3 atom stereocenters. The lowest BCUT2D eigenvalue weighted by Gasteiger charge is -2.31. The maximum Gasteiger partial charge on any atom is 0.243 e. The van der Waals surface area contributed by atoms with Crippen LogP contribution in [-0.2, 0) is 31.1 Å². The van der Waals surface area contributed by atoms with Gasteiger partial charge in [0.15, 0.2) is 0 Å². The lowest BCUT2D eigenvalue weighted by Crippen LogP contribution is -2.52. The minimum atomic E-state index is -3.98. The molecular formula is C26H35N3O6S3. The molecule has 0 unspecified atom stereocenters. The average Bonchev–Trinajstić information content (AvgIpc) is 3.30. The number of carbonyl (C=O) groups is 1. The molecule has 0 bridgehead atoms. The van der Waals surface area contributed by atoms with E-state index in [1.54, 1.807) is 17.6 Å². The molecule has 3 aromatic rings. The van der Waals surface area contributed by atoms with Gasteiger partial charge in [-0.05, 0) is 36.1 Å². The number of nitrogens with one attached hydrogen (secondary N) is 1. The second-order valence-electron chi connectivity index (χ2n) is 10.1. The second-order valence-corrected chi connectivity index (χ2v) is 15.1. The summed E-state index contributed by atoms with van der Waals surface area (Å²) in [5.74, 6) is -1.72. The van der Waals surface area contributed by atoms with E-state index in [2.05, 4.69) is 10.3 Å². The lowest BCUT2D eigenvalue weighted by atomic mass is 10.00. The molecule has 3 rings (SSSR count). The van der Waals surface area contributed by atoms with Gasteiger partial charge < -0.3 is 10.4 Å². The Morgan fingerprint density at radius 3 is 2.37 bits per heavy atom. The van der Waals surface area contributed by atoms with Crippen LogP contribution in [0.4, 0.5) is 0 Å². The van der Waals surface area contributed by atoms with E-state index in [-0.39, 0.29) is 36.1 Å². The van der Waals surface area contributed by atoms with E-state index in [0.717, 1.165) is 16.5 Å². The summed E-state index contributed by atoms with van der Waals surface area (Å²) in [6, 6.07) is 13.1. The summed E-state index contributed by atoms with van der Waals surface area (Å²) in [6.45, 7) is 5.19. The number of sulfonamides is 1. The first-order chi connectivity index (χ1) is 17.8. The summed E-state index contributed by atoms with van der Waals surface area (Å²) in [6.07, 6.45) is 0.0396. The minimum absolute atomic E-state index is 0.0268. The Bertz CT molecular complexity index is 1440. The maximum atomic E-state index is 13.7. The van der Waals surface area contributed by atoms with E-state index in [1.165, 1.54) is 28.6 Å². The minimum Gasteiger partial charge on any atom is -0.390 e. The summed E-state index contributed by atoms with van der Waals surface area (Å²) >= 11 is 1.34. The molecule has 0 spiro atoms. The number of aliphatic hydroxyl groups is 1. The first-order valence-corrected chi connectivity index (χ1v) is 16.7. The third-order valence-electron chi connectivity index (χ3n) is 5.99. The van der Waals surface area contributed by atoms with Crippen molar-refractivity contribution >= 4 is 47.3 Å². The van der Waals surface area contributed by atoms with Gasteiger partial charge in [0.2, 0.25) is 15.9 Å². The number of amides is 1. The van der Waals surface area contributed by atoms with Crippen molar-refractivity contribution in [3.63, 3.8) is 0 Å². The number of aliphatic hydroxyl groups excluding tert-OH is 1. The highest BCUT2D eigenvalue weighted by Crippen LogP contribution is 2.25. The zero-order valence-corrected chi connectivity index (χ0v) is 24.4. The number of fused-ring (bicyclic) bond motifs is 1. The van der Waals surface area contributed by atoms with Gasteiger partial charge in [-0.2, -0.15) is 4.31 Å². The highest BCUT2D eigenvalue weighted by atomic mass is 32.2. The van der Waals surface area contributed by atoms with Crippen LogP contribution < -0.4 is 5.32 Å². The van der Waals surface area contributed by atoms with Crippen LogP contribution in [0, 0.1) is 11.8 Å². The van der Waals surface area contributed by atoms with E-state index >= 15 is 0 Å². The highest BCUT2D eigenvalue weighted by Gasteiger charge is 2.32. The van der Waals surface area contributed by atoms with Gasteiger partial charge in [-0.15, -0.1) is 11.3 Å². The number of nitrogens with zero attached hydrogens (tertiary/aromatic N) is 2. The van der Waals surface area contributed by atoms with Gasteiger partial charge in [-0.1, -0.05) is 51.1 Å². The molecule has 1 aromatic heterocycles. The van der Waals surface area contributed by atoms with E-state index < -0.39 is 43.8 Å². The van der Waals surface area contributed by atoms with E-state index in [1.807, 2.05) is 44.2 Å². The van der Waals surface area contributed by atoms with Crippen LogP contribution in [0.15, 0.2) is 58.9 Å². The van der Waals surface area contributed by atoms with Crippen molar-refractivity contribution in [1.29, 1.82) is 0 Å². The van der Waals surface area contributed by atoms with Gasteiger partial charge in [0, 0.05) is 25.3 Å². The standard InChI is InChI=1S/C26H35N3O6S3/c1-18(2)14-29(38(34,35)21-10-11-22-25(13-21)36-17-27-22)15-24(30)23(12-20-8-6-5-7-9-20)28-26(31)19(3)16-37(4,32)33/h5-11,13,17-19,23-24,30H,12,14-16H2,1-4H3,(H,28,31)/t19-,23+,24-/m1/s1. The smallest absolute Gasteiger partial charge is 0.243 e. The summed E-state index contributed by atoms with van der Waals surface area (Å²) in [7, 11) is -7.37. The highest BCUT2D eigenvalue weighted by molar-refractivity contribution is 7.90.